The lowest BCUT2D eigenvalue weighted by molar-refractivity contribution is -0.113. The number of thioether (sulfide) groups is 1. The second-order valence-corrected chi connectivity index (χ2v) is 9.84. The third kappa shape index (κ3) is 4.12. The molecule has 1 amide bonds. The van der Waals surface area contributed by atoms with Crippen LogP contribution in [-0.4, -0.2) is 29.6 Å². The normalized spacial score (nSPS) is 11.7. The molecule has 0 bridgehead atoms. The van der Waals surface area contributed by atoms with E-state index in [1.54, 1.807) is 13.1 Å². The lowest BCUT2D eigenvalue weighted by Gasteiger charge is -2.09. The maximum atomic E-state index is 12.6. The van der Waals surface area contributed by atoms with Crippen molar-refractivity contribution in [1.29, 1.82) is 0 Å². The number of thiophene rings is 1. The number of rotatable bonds is 5. The molecule has 0 aliphatic heterocycles. The molecule has 3 rings (SSSR count). The van der Waals surface area contributed by atoms with E-state index in [2.05, 4.69) is 10.3 Å². The Bertz CT molecular complexity index is 1250. The third-order valence-electron chi connectivity index (χ3n) is 4.15. The van der Waals surface area contributed by atoms with Crippen LogP contribution in [0.5, 0.6) is 0 Å². The molecule has 0 saturated heterocycles. The predicted molar refractivity (Wildman–Crippen MR) is 112 cm³/mol. The van der Waals surface area contributed by atoms with E-state index in [1.165, 1.54) is 34.1 Å². The molecule has 11 heteroatoms. The predicted octanol–water partition coefficient (Wildman–Crippen LogP) is 1.99. The zero-order chi connectivity index (χ0) is 20.6. The average Bonchev–Trinajstić information content (AvgIpc) is 2.90. The molecule has 2 aromatic heterocycles. The van der Waals surface area contributed by atoms with Gasteiger partial charge in [0.25, 0.3) is 5.56 Å². The molecule has 0 atom stereocenters. The summed E-state index contributed by atoms with van der Waals surface area (Å²) < 4.78 is 24.2. The lowest BCUT2D eigenvalue weighted by atomic mass is 10.2. The molecular weight excluding hydrogens is 420 g/mol. The van der Waals surface area contributed by atoms with Crippen molar-refractivity contribution in [2.24, 2.45) is 12.2 Å². The van der Waals surface area contributed by atoms with Crippen LogP contribution in [0.1, 0.15) is 10.4 Å². The van der Waals surface area contributed by atoms with Crippen LogP contribution < -0.4 is 16.0 Å². The first-order valence-corrected chi connectivity index (χ1v) is 11.4. The summed E-state index contributed by atoms with van der Waals surface area (Å²) in [6, 6.07) is 5.69. The van der Waals surface area contributed by atoms with Gasteiger partial charge >= 0.3 is 0 Å². The maximum absolute atomic E-state index is 12.6. The number of carbonyl (C=O) groups is 1. The molecule has 0 spiro atoms. The van der Waals surface area contributed by atoms with Crippen LogP contribution >= 0.6 is 23.1 Å². The summed E-state index contributed by atoms with van der Waals surface area (Å²) >= 11 is 2.58. The lowest BCUT2D eigenvalue weighted by Crippen LogP contribution is -2.21. The number of hydrogen-bond donors (Lipinski definition) is 2. The molecule has 0 unspecified atom stereocenters. The fourth-order valence-corrected chi connectivity index (χ4v) is 4.96. The fraction of sp³-hybridized carbons (Fsp3) is 0.235. The third-order valence-corrected chi connectivity index (χ3v) is 7.19. The van der Waals surface area contributed by atoms with Crippen LogP contribution in [0.15, 0.2) is 39.1 Å². The Morgan fingerprint density at radius 1 is 1.36 bits per heavy atom. The average molecular weight is 439 g/mol. The van der Waals surface area contributed by atoms with E-state index < -0.39 is 10.0 Å². The van der Waals surface area contributed by atoms with Crippen molar-refractivity contribution in [1.82, 2.24) is 9.55 Å². The molecule has 0 saturated carbocycles. The van der Waals surface area contributed by atoms with Crippen molar-refractivity contribution < 1.29 is 13.2 Å². The summed E-state index contributed by atoms with van der Waals surface area (Å²) in [5, 5.41) is 8.76. The standard InChI is InChI=1S/C17H18N4O4S3/c1-9-10(2)27-15-14(9)16(23)21(3)17(20-15)26-8-13(22)19-11-5-4-6-12(7-11)28(18,24)25/h4-7H,8H2,1-3H3,(H,19,22)(H2,18,24,25). The Labute approximate surface area is 169 Å². The Balaban J connectivity index is 1.77. The van der Waals surface area contributed by atoms with Gasteiger partial charge in [0.15, 0.2) is 5.16 Å². The number of nitrogens with one attached hydrogen (secondary N) is 1. The number of hydrogen-bond acceptors (Lipinski definition) is 7. The largest absolute Gasteiger partial charge is 0.325 e. The van der Waals surface area contributed by atoms with Gasteiger partial charge in [-0.25, -0.2) is 18.5 Å². The van der Waals surface area contributed by atoms with Crippen molar-refractivity contribution in [3.8, 4) is 0 Å². The Hall–Kier alpha value is -2.21. The minimum absolute atomic E-state index is 0.00866. The van der Waals surface area contributed by atoms with Gasteiger partial charge in [0.2, 0.25) is 15.9 Å². The highest BCUT2D eigenvalue weighted by Gasteiger charge is 2.16. The number of carbonyl (C=O) groups excluding carboxylic acids is 1. The van der Waals surface area contributed by atoms with Crippen LogP contribution in [0.25, 0.3) is 10.2 Å². The highest BCUT2D eigenvalue weighted by Crippen LogP contribution is 2.28. The maximum Gasteiger partial charge on any atom is 0.262 e. The summed E-state index contributed by atoms with van der Waals surface area (Å²) in [6.45, 7) is 3.84. The number of amides is 1. The number of anilines is 1. The Morgan fingerprint density at radius 3 is 2.75 bits per heavy atom. The zero-order valence-electron chi connectivity index (χ0n) is 15.3. The molecule has 0 aliphatic rings. The molecule has 148 valence electrons. The van der Waals surface area contributed by atoms with Gasteiger partial charge in [-0.1, -0.05) is 17.8 Å². The molecule has 2 heterocycles. The SMILES string of the molecule is Cc1sc2nc(SCC(=O)Nc3cccc(S(N)(=O)=O)c3)n(C)c(=O)c2c1C. The summed E-state index contributed by atoms with van der Waals surface area (Å²) in [4.78, 5) is 31.0. The molecule has 3 N–H and O–H groups in total. The minimum atomic E-state index is -3.85. The Morgan fingerprint density at radius 2 is 2.07 bits per heavy atom. The van der Waals surface area contributed by atoms with Crippen molar-refractivity contribution in [3.63, 3.8) is 0 Å². The number of nitrogens with zero attached hydrogens (tertiary/aromatic N) is 2. The van der Waals surface area contributed by atoms with Crippen molar-refractivity contribution in [3.05, 3.63) is 45.1 Å². The van der Waals surface area contributed by atoms with Gasteiger partial charge in [-0.15, -0.1) is 11.3 Å². The number of fused-ring (bicyclic) bond motifs is 1. The van der Waals surface area contributed by atoms with Crippen LogP contribution in [0.2, 0.25) is 0 Å². The van der Waals surface area contributed by atoms with Gasteiger partial charge in [-0.2, -0.15) is 0 Å². The minimum Gasteiger partial charge on any atom is -0.325 e. The quantitative estimate of drug-likeness (QED) is 0.464. The molecular formula is C17H18N4O4S3. The van der Waals surface area contributed by atoms with Crippen LogP contribution in [0.3, 0.4) is 0 Å². The number of benzene rings is 1. The van der Waals surface area contributed by atoms with Gasteiger partial charge in [0, 0.05) is 17.6 Å². The molecule has 0 fully saturated rings. The van der Waals surface area contributed by atoms with Crippen molar-refractivity contribution in [2.75, 3.05) is 11.1 Å². The van der Waals surface area contributed by atoms with Gasteiger partial charge in [0.1, 0.15) is 4.83 Å². The first-order chi connectivity index (χ1) is 13.1. The number of aromatic nitrogens is 2. The van der Waals surface area contributed by atoms with E-state index in [1.807, 2.05) is 13.8 Å². The Kier molecular flexibility index (Phi) is 5.62. The first kappa shape index (κ1) is 20.5. The second-order valence-electron chi connectivity index (χ2n) is 6.13. The molecule has 1 aromatic carbocycles. The van der Waals surface area contributed by atoms with E-state index in [9.17, 15) is 18.0 Å². The van der Waals surface area contributed by atoms with Gasteiger partial charge in [-0.3, -0.25) is 14.2 Å². The molecule has 3 aromatic rings. The number of aryl methyl sites for hydroxylation is 2. The van der Waals surface area contributed by atoms with Crippen LogP contribution in [-0.2, 0) is 21.9 Å². The number of sulfonamides is 1. The van der Waals surface area contributed by atoms with Gasteiger partial charge < -0.3 is 5.32 Å². The number of nitrogens with two attached hydrogens (primary N) is 1. The summed E-state index contributed by atoms with van der Waals surface area (Å²) in [6.07, 6.45) is 0. The zero-order valence-corrected chi connectivity index (χ0v) is 17.8. The van der Waals surface area contributed by atoms with Crippen LogP contribution in [0.4, 0.5) is 5.69 Å². The topological polar surface area (TPSA) is 124 Å². The molecule has 0 aliphatic carbocycles. The highest BCUT2D eigenvalue weighted by atomic mass is 32.2. The van der Waals surface area contributed by atoms with E-state index >= 15 is 0 Å². The molecule has 8 nitrogen and oxygen atoms in total. The van der Waals surface area contributed by atoms with E-state index in [0.717, 1.165) is 22.2 Å². The monoisotopic (exact) mass is 438 g/mol. The fourth-order valence-electron chi connectivity index (χ4n) is 2.56. The molecule has 0 radical (unpaired) electrons. The summed E-state index contributed by atoms with van der Waals surface area (Å²) in [5.41, 5.74) is 1.10. The van der Waals surface area contributed by atoms with Crippen molar-refractivity contribution in [2.45, 2.75) is 23.9 Å². The van der Waals surface area contributed by atoms with Crippen LogP contribution in [0, 0.1) is 13.8 Å². The smallest absolute Gasteiger partial charge is 0.262 e. The summed E-state index contributed by atoms with van der Waals surface area (Å²) in [5.74, 6) is -0.348. The highest BCUT2D eigenvalue weighted by molar-refractivity contribution is 7.99. The van der Waals surface area contributed by atoms with Gasteiger partial charge in [-0.05, 0) is 37.6 Å². The van der Waals surface area contributed by atoms with Crippen molar-refractivity contribution >= 4 is 54.9 Å². The van der Waals surface area contributed by atoms with E-state index in [0.29, 0.717) is 21.1 Å². The van der Waals surface area contributed by atoms with E-state index in [-0.39, 0.29) is 22.1 Å². The second kappa shape index (κ2) is 7.66. The molecule has 28 heavy (non-hydrogen) atoms. The number of primary sulfonamides is 1. The van der Waals surface area contributed by atoms with Gasteiger partial charge in [0.05, 0.1) is 16.0 Å². The van der Waals surface area contributed by atoms with E-state index in [4.69, 9.17) is 5.14 Å². The first-order valence-electron chi connectivity index (χ1n) is 8.10. The summed E-state index contributed by atoms with van der Waals surface area (Å²) in [7, 11) is -2.23.